The molecule has 130 valence electrons. The quantitative estimate of drug-likeness (QED) is 0.745. The van der Waals surface area contributed by atoms with Gasteiger partial charge in [0, 0.05) is 10.4 Å². The number of thiophene rings is 1. The highest BCUT2D eigenvalue weighted by molar-refractivity contribution is 9.10. The largest absolute Gasteiger partial charge is 0.493 e. The molecule has 1 aromatic heterocycles. The van der Waals surface area contributed by atoms with E-state index in [4.69, 9.17) is 4.74 Å². The van der Waals surface area contributed by atoms with Gasteiger partial charge >= 0.3 is 0 Å². The van der Waals surface area contributed by atoms with E-state index in [0.29, 0.717) is 34.4 Å². The lowest BCUT2D eigenvalue weighted by molar-refractivity contribution is 0.102. The number of carbonyl (C=O) groups excluding carboxylic acids is 1. The van der Waals surface area contributed by atoms with Gasteiger partial charge in [0.1, 0.15) is 16.8 Å². The van der Waals surface area contributed by atoms with Crippen molar-refractivity contribution in [2.45, 2.75) is 33.1 Å². The Bertz CT molecular complexity index is 854. The Kier molecular flexibility index (Phi) is 5.45. The molecule has 1 heterocycles. The number of anilines is 1. The van der Waals surface area contributed by atoms with Crippen LogP contribution in [0, 0.1) is 17.2 Å². The number of nitrogens with zero attached hydrogens (tertiary/aromatic N) is 1. The zero-order valence-corrected chi connectivity index (χ0v) is 16.6. The molecule has 1 amide bonds. The smallest absolute Gasteiger partial charge is 0.256 e. The summed E-state index contributed by atoms with van der Waals surface area (Å²) in [6, 6.07) is 7.52. The fourth-order valence-corrected chi connectivity index (χ4v) is 4.90. The van der Waals surface area contributed by atoms with Crippen molar-refractivity contribution in [1.82, 2.24) is 0 Å². The van der Waals surface area contributed by atoms with Gasteiger partial charge in [-0.15, -0.1) is 11.3 Å². The number of benzene rings is 1. The van der Waals surface area contributed by atoms with Crippen molar-refractivity contribution in [2.24, 2.45) is 5.92 Å². The van der Waals surface area contributed by atoms with E-state index >= 15 is 0 Å². The molecule has 6 heteroatoms. The van der Waals surface area contributed by atoms with Crippen LogP contribution in [0.4, 0.5) is 5.00 Å². The maximum atomic E-state index is 12.6. The molecule has 1 aliphatic rings. The molecular formula is C19H19BrN2O2S. The molecule has 1 N–H and O–H groups in total. The Hall–Kier alpha value is -1.84. The lowest BCUT2D eigenvalue weighted by atomic mass is 9.88. The zero-order chi connectivity index (χ0) is 18.0. The highest BCUT2D eigenvalue weighted by Gasteiger charge is 2.25. The minimum absolute atomic E-state index is 0.216. The molecule has 25 heavy (non-hydrogen) atoms. The summed E-state index contributed by atoms with van der Waals surface area (Å²) >= 11 is 4.97. The second kappa shape index (κ2) is 7.59. The van der Waals surface area contributed by atoms with Crippen LogP contribution in [-0.4, -0.2) is 12.5 Å². The standard InChI is InChI=1S/C19H19BrN2O2S/c1-3-24-16-7-5-12(9-15(16)20)18(23)22-19-14(10-21)13-6-4-11(2)8-17(13)25-19/h5,7,9,11H,3-4,6,8H2,1-2H3,(H,22,23)/t11-/m1/s1. The molecule has 4 nitrogen and oxygen atoms in total. The first-order valence-corrected chi connectivity index (χ1v) is 9.92. The first-order valence-electron chi connectivity index (χ1n) is 8.31. The minimum atomic E-state index is -0.216. The summed E-state index contributed by atoms with van der Waals surface area (Å²) in [6.07, 6.45) is 3.00. The molecule has 0 spiro atoms. The number of fused-ring (bicyclic) bond motifs is 1. The van der Waals surface area contributed by atoms with E-state index in [9.17, 15) is 10.1 Å². The Labute approximate surface area is 159 Å². The topological polar surface area (TPSA) is 62.1 Å². The number of rotatable bonds is 4. The van der Waals surface area contributed by atoms with Crippen molar-refractivity contribution in [3.8, 4) is 11.8 Å². The minimum Gasteiger partial charge on any atom is -0.493 e. The molecule has 0 bridgehead atoms. The molecular weight excluding hydrogens is 400 g/mol. The average Bonchev–Trinajstić information content (AvgIpc) is 2.92. The van der Waals surface area contributed by atoms with Crippen LogP contribution in [0.25, 0.3) is 0 Å². The van der Waals surface area contributed by atoms with Crippen LogP contribution in [0.1, 0.15) is 46.6 Å². The molecule has 3 rings (SSSR count). The summed E-state index contributed by atoms with van der Waals surface area (Å²) < 4.78 is 6.21. The van der Waals surface area contributed by atoms with Crippen LogP contribution in [0.5, 0.6) is 5.75 Å². The van der Waals surface area contributed by atoms with Crippen molar-refractivity contribution in [3.63, 3.8) is 0 Å². The number of amides is 1. The Morgan fingerprint density at radius 2 is 2.32 bits per heavy atom. The second-order valence-corrected chi connectivity index (χ2v) is 8.16. The van der Waals surface area contributed by atoms with Crippen molar-refractivity contribution in [3.05, 3.63) is 44.2 Å². The van der Waals surface area contributed by atoms with Crippen LogP contribution in [-0.2, 0) is 12.8 Å². The van der Waals surface area contributed by atoms with Gasteiger partial charge in [0.25, 0.3) is 5.91 Å². The molecule has 1 aliphatic carbocycles. The van der Waals surface area contributed by atoms with E-state index in [1.165, 1.54) is 16.2 Å². The molecule has 0 fully saturated rings. The predicted molar refractivity (Wildman–Crippen MR) is 103 cm³/mol. The van der Waals surface area contributed by atoms with Gasteiger partial charge in [-0.25, -0.2) is 0 Å². The van der Waals surface area contributed by atoms with Gasteiger partial charge in [-0.1, -0.05) is 6.92 Å². The van der Waals surface area contributed by atoms with Crippen LogP contribution in [0.2, 0.25) is 0 Å². The molecule has 1 aromatic carbocycles. The van der Waals surface area contributed by atoms with Crippen molar-refractivity contribution in [1.29, 1.82) is 5.26 Å². The number of hydrogen-bond donors (Lipinski definition) is 1. The fourth-order valence-electron chi connectivity index (χ4n) is 3.05. The molecule has 0 aliphatic heterocycles. The first kappa shape index (κ1) is 18.0. The van der Waals surface area contributed by atoms with Crippen LogP contribution >= 0.6 is 27.3 Å². The Morgan fingerprint density at radius 3 is 3.00 bits per heavy atom. The Balaban J connectivity index is 1.84. The highest BCUT2D eigenvalue weighted by atomic mass is 79.9. The van der Waals surface area contributed by atoms with E-state index < -0.39 is 0 Å². The van der Waals surface area contributed by atoms with Crippen molar-refractivity contribution in [2.75, 3.05) is 11.9 Å². The summed E-state index contributed by atoms with van der Waals surface area (Å²) in [4.78, 5) is 13.8. The Morgan fingerprint density at radius 1 is 1.52 bits per heavy atom. The molecule has 1 atom stereocenters. The van der Waals surface area contributed by atoms with Crippen LogP contribution in [0.15, 0.2) is 22.7 Å². The lowest BCUT2D eigenvalue weighted by Crippen LogP contribution is -2.12. The second-order valence-electron chi connectivity index (χ2n) is 6.20. The number of ether oxygens (including phenoxy) is 1. The molecule has 2 aromatic rings. The normalized spacial score (nSPS) is 16.0. The first-order chi connectivity index (χ1) is 12.0. The van der Waals surface area contributed by atoms with Gasteiger partial charge < -0.3 is 10.1 Å². The third-order valence-electron chi connectivity index (χ3n) is 4.34. The summed E-state index contributed by atoms with van der Waals surface area (Å²) in [5, 5.41) is 13.1. The molecule has 0 radical (unpaired) electrons. The summed E-state index contributed by atoms with van der Waals surface area (Å²) in [5.41, 5.74) is 2.28. The van der Waals surface area contributed by atoms with Crippen molar-refractivity contribution < 1.29 is 9.53 Å². The predicted octanol–water partition coefficient (Wildman–Crippen LogP) is 5.16. The summed E-state index contributed by atoms with van der Waals surface area (Å²) in [6.45, 7) is 4.70. The third kappa shape index (κ3) is 3.73. The molecule has 0 unspecified atom stereocenters. The van der Waals surface area contributed by atoms with Gasteiger partial charge in [0.05, 0.1) is 16.6 Å². The summed E-state index contributed by atoms with van der Waals surface area (Å²) in [7, 11) is 0. The average molecular weight is 419 g/mol. The number of nitrogens with one attached hydrogen (secondary N) is 1. The van der Waals surface area contributed by atoms with E-state index in [-0.39, 0.29) is 5.91 Å². The van der Waals surface area contributed by atoms with E-state index in [1.54, 1.807) is 18.2 Å². The van der Waals surface area contributed by atoms with Crippen LogP contribution < -0.4 is 10.1 Å². The van der Waals surface area contributed by atoms with Gasteiger partial charge in [0.2, 0.25) is 0 Å². The fraction of sp³-hybridized carbons (Fsp3) is 0.368. The lowest BCUT2D eigenvalue weighted by Gasteiger charge is -2.17. The maximum Gasteiger partial charge on any atom is 0.256 e. The molecule has 0 saturated heterocycles. The molecule has 0 saturated carbocycles. The van der Waals surface area contributed by atoms with E-state index in [0.717, 1.165) is 29.3 Å². The number of hydrogen-bond acceptors (Lipinski definition) is 4. The summed E-state index contributed by atoms with van der Waals surface area (Å²) in [5.74, 6) is 1.12. The third-order valence-corrected chi connectivity index (χ3v) is 6.13. The zero-order valence-electron chi connectivity index (χ0n) is 14.2. The number of nitriles is 1. The maximum absolute atomic E-state index is 12.6. The van der Waals surface area contributed by atoms with Gasteiger partial charge in [-0.2, -0.15) is 5.26 Å². The SMILES string of the molecule is CCOc1ccc(C(=O)Nc2sc3c(c2C#N)CC[C@@H](C)C3)cc1Br. The van der Waals surface area contributed by atoms with E-state index in [2.05, 4.69) is 34.2 Å². The number of halogens is 1. The number of carbonyl (C=O) groups is 1. The highest BCUT2D eigenvalue weighted by Crippen LogP contribution is 2.39. The van der Waals surface area contributed by atoms with Crippen LogP contribution in [0.3, 0.4) is 0 Å². The van der Waals surface area contributed by atoms with Gasteiger partial charge in [-0.05, 0) is 71.8 Å². The van der Waals surface area contributed by atoms with Gasteiger partial charge in [-0.3, -0.25) is 4.79 Å². The van der Waals surface area contributed by atoms with Crippen molar-refractivity contribution >= 4 is 38.2 Å². The van der Waals surface area contributed by atoms with Gasteiger partial charge in [0.15, 0.2) is 0 Å². The van der Waals surface area contributed by atoms with E-state index in [1.807, 2.05) is 6.92 Å². The monoisotopic (exact) mass is 418 g/mol.